The first-order valence-electron chi connectivity index (χ1n) is 7.67. The Labute approximate surface area is 130 Å². The number of carbonyl (C=O) groups is 1. The standard InChI is InChI=1S/C17H20N4O/c22-17(20-11-16-6-8-19-12-21-16)14-4-1-3-13(9-14)15-5-2-7-18-10-15/h1,3-4,6,8-9,12,15,18H,2,5,7,10-11H2,(H,20,22)/t15-/m1/s1. The van der Waals surface area contributed by atoms with Crippen LogP contribution in [0.3, 0.4) is 0 Å². The number of carbonyl (C=O) groups excluding carboxylic acids is 1. The second-order valence-electron chi connectivity index (χ2n) is 5.55. The maximum atomic E-state index is 12.3. The molecule has 1 amide bonds. The van der Waals surface area contributed by atoms with Gasteiger partial charge in [-0.15, -0.1) is 0 Å². The van der Waals surface area contributed by atoms with Crippen LogP contribution < -0.4 is 10.6 Å². The number of benzene rings is 1. The molecule has 0 radical (unpaired) electrons. The Kier molecular flexibility index (Phi) is 4.75. The van der Waals surface area contributed by atoms with E-state index >= 15 is 0 Å². The van der Waals surface area contributed by atoms with Gasteiger partial charge in [-0.3, -0.25) is 4.79 Å². The van der Waals surface area contributed by atoms with Crippen LogP contribution in [0.4, 0.5) is 0 Å². The van der Waals surface area contributed by atoms with Crippen LogP contribution in [0.2, 0.25) is 0 Å². The zero-order valence-corrected chi connectivity index (χ0v) is 12.5. The molecule has 5 heteroatoms. The molecule has 1 aromatic heterocycles. The van der Waals surface area contributed by atoms with E-state index in [1.807, 2.05) is 18.2 Å². The lowest BCUT2D eigenvalue weighted by Crippen LogP contribution is -2.28. The van der Waals surface area contributed by atoms with E-state index in [0.717, 1.165) is 18.8 Å². The van der Waals surface area contributed by atoms with Gasteiger partial charge in [0.1, 0.15) is 6.33 Å². The minimum Gasteiger partial charge on any atom is -0.346 e. The SMILES string of the molecule is O=C(NCc1ccncn1)c1cccc([C@@H]2CCCNC2)c1. The highest BCUT2D eigenvalue weighted by atomic mass is 16.1. The van der Waals surface area contributed by atoms with E-state index in [9.17, 15) is 4.79 Å². The molecule has 22 heavy (non-hydrogen) atoms. The second kappa shape index (κ2) is 7.13. The highest BCUT2D eigenvalue weighted by Gasteiger charge is 2.16. The molecule has 1 saturated heterocycles. The maximum absolute atomic E-state index is 12.3. The molecule has 1 fully saturated rings. The summed E-state index contributed by atoms with van der Waals surface area (Å²) in [5.41, 5.74) is 2.75. The first kappa shape index (κ1) is 14.7. The van der Waals surface area contributed by atoms with Gasteiger partial charge in [-0.25, -0.2) is 9.97 Å². The Hall–Kier alpha value is -2.27. The summed E-state index contributed by atoms with van der Waals surface area (Å²) in [6.45, 7) is 2.50. The molecule has 5 nitrogen and oxygen atoms in total. The molecule has 114 valence electrons. The average molecular weight is 296 g/mol. The van der Waals surface area contributed by atoms with Crippen LogP contribution in [0.15, 0.2) is 42.9 Å². The molecule has 1 aliphatic rings. The van der Waals surface area contributed by atoms with Gasteiger partial charge >= 0.3 is 0 Å². The molecule has 1 atom stereocenters. The van der Waals surface area contributed by atoms with Crippen molar-refractivity contribution in [3.05, 3.63) is 59.7 Å². The molecule has 1 aromatic carbocycles. The van der Waals surface area contributed by atoms with Gasteiger partial charge in [-0.05, 0) is 49.1 Å². The van der Waals surface area contributed by atoms with Crippen LogP contribution in [-0.4, -0.2) is 29.0 Å². The van der Waals surface area contributed by atoms with E-state index in [-0.39, 0.29) is 5.91 Å². The van der Waals surface area contributed by atoms with Gasteiger partial charge in [0.15, 0.2) is 0 Å². The van der Waals surface area contributed by atoms with Gasteiger partial charge < -0.3 is 10.6 Å². The average Bonchev–Trinajstić information content (AvgIpc) is 2.61. The first-order chi connectivity index (χ1) is 10.8. The van der Waals surface area contributed by atoms with Gasteiger partial charge in [-0.2, -0.15) is 0 Å². The van der Waals surface area contributed by atoms with Crippen LogP contribution in [0.5, 0.6) is 0 Å². The summed E-state index contributed by atoms with van der Waals surface area (Å²) < 4.78 is 0. The Morgan fingerprint density at radius 3 is 3.09 bits per heavy atom. The maximum Gasteiger partial charge on any atom is 0.251 e. The summed E-state index contributed by atoms with van der Waals surface area (Å²) in [5.74, 6) is 0.438. The minimum atomic E-state index is -0.0655. The fourth-order valence-corrected chi connectivity index (χ4v) is 2.77. The number of hydrogen-bond acceptors (Lipinski definition) is 4. The van der Waals surface area contributed by atoms with Crippen molar-refractivity contribution in [1.29, 1.82) is 0 Å². The van der Waals surface area contributed by atoms with Gasteiger partial charge in [0.2, 0.25) is 0 Å². The van der Waals surface area contributed by atoms with E-state index in [2.05, 4.69) is 26.7 Å². The quantitative estimate of drug-likeness (QED) is 0.904. The zero-order chi connectivity index (χ0) is 15.2. The van der Waals surface area contributed by atoms with Crippen molar-refractivity contribution >= 4 is 5.91 Å². The molecule has 0 saturated carbocycles. The van der Waals surface area contributed by atoms with Crippen molar-refractivity contribution in [1.82, 2.24) is 20.6 Å². The van der Waals surface area contributed by atoms with Crippen molar-refractivity contribution in [3.8, 4) is 0 Å². The lowest BCUT2D eigenvalue weighted by molar-refractivity contribution is 0.0950. The lowest BCUT2D eigenvalue weighted by atomic mass is 9.90. The molecule has 0 spiro atoms. The Morgan fingerprint density at radius 1 is 1.36 bits per heavy atom. The summed E-state index contributed by atoms with van der Waals surface area (Å²) in [6.07, 6.45) is 5.52. The molecule has 0 bridgehead atoms. The topological polar surface area (TPSA) is 66.9 Å². The number of aromatic nitrogens is 2. The smallest absolute Gasteiger partial charge is 0.251 e. The fourth-order valence-electron chi connectivity index (χ4n) is 2.77. The number of rotatable bonds is 4. The molecule has 2 heterocycles. The third-order valence-corrected chi connectivity index (χ3v) is 3.99. The van der Waals surface area contributed by atoms with Crippen LogP contribution in [-0.2, 0) is 6.54 Å². The van der Waals surface area contributed by atoms with Gasteiger partial charge in [0.25, 0.3) is 5.91 Å². The lowest BCUT2D eigenvalue weighted by Gasteiger charge is -2.23. The Bertz CT molecular complexity index is 624. The van der Waals surface area contributed by atoms with Crippen molar-refractivity contribution in [3.63, 3.8) is 0 Å². The normalized spacial score (nSPS) is 17.9. The molecule has 0 aliphatic carbocycles. The molecule has 1 aliphatic heterocycles. The molecule has 2 aromatic rings. The minimum absolute atomic E-state index is 0.0655. The molecular formula is C17H20N4O. The van der Waals surface area contributed by atoms with Gasteiger partial charge in [0.05, 0.1) is 12.2 Å². The second-order valence-corrected chi connectivity index (χ2v) is 5.55. The van der Waals surface area contributed by atoms with Crippen molar-refractivity contribution in [2.45, 2.75) is 25.3 Å². The number of hydrogen-bond donors (Lipinski definition) is 2. The number of amides is 1. The highest BCUT2D eigenvalue weighted by molar-refractivity contribution is 5.94. The van der Waals surface area contributed by atoms with E-state index < -0.39 is 0 Å². The monoisotopic (exact) mass is 296 g/mol. The molecule has 0 unspecified atom stereocenters. The van der Waals surface area contributed by atoms with Crippen LogP contribution in [0, 0.1) is 0 Å². The van der Waals surface area contributed by atoms with Crippen molar-refractivity contribution in [2.75, 3.05) is 13.1 Å². The third kappa shape index (κ3) is 3.68. The summed E-state index contributed by atoms with van der Waals surface area (Å²) in [4.78, 5) is 20.2. The largest absolute Gasteiger partial charge is 0.346 e. The highest BCUT2D eigenvalue weighted by Crippen LogP contribution is 2.23. The van der Waals surface area contributed by atoms with Crippen molar-refractivity contribution < 1.29 is 4.79 Å². The fraction of sp³-hybridized carbons (Fsp3) is 0.353. The predicted molar refractivity (Wildman–Crippen MR) is 84.5 cm³/mol. The number of nitrogens with zero attached hydrogens (tertiary/aromatic N) is 2. The van der Waals surface area contributed by atoms with Gasteiger partial charge in [-0.1, -0.05) is 12.1 Å². The first-order valence-corrected chi connectivity index (χ1v) is 7.67. The van der Waals surface area contributed by atoms with E-state index in [4.69, 9.17) is 0 Å². The Balaban J connectivity index is 1.64. The van der Waals surface area contributed by atoms with E-state index in [1.165, 1.54) is 24.7 Å². The third-order valence-electron chi connectivity index (χ3n) is 3.99. The van der Waals surface area contributed by atoms with E-state index in [0.29, 0.717) is 18.0 Å². The molecule has 3 rings (SSSR count). The summed E-state index contributed by atoms with van der Waals surface area (Å²) in [6, 6.07) is 9.73. The number of nitrogens with one attached hydrogen (secondary N) is 2. The van der Waals surface area contributed by atoms with E-state index in [1.54, 1.807) is 12.3 Å². The van der Waals surface area contributed by atoms with Crippen LogP contribution in [0.1, 0.15) is 40.4 Å². The summed E-state index contributed by atoms with van der Waals surface area (Å²) in [7, 11) is 0. The summed E-state index contributed by atoms with van der Waals surface area (Å²) >= 11 is 0. The van der Waals surface area contributed by atoms with Crippen LogP contribution in [0.25, 0.3) is 0 Å². The van der Waals surface area contributed by atoms with Crippen molar-refractivity contribution in [2.24, 2.45) is 0 Å². The zero-order valence-electron chi connectivity index (χ0n) is 12.5. The van der Waals surface area contributed by atoms with Gasteiger partial charge in [0, 0.05) is 18.3 Å². The molecular weight excluding hydrogens is 276 g/mol. The molecule has 2 N–H and O–H groups in total. The summed E-state index contributed by atoms with van der Waals surface area (Å²) in [5, 5.41) is 6.31. The van der Waals surface area contributed by atoms with Crippen LogP contribution >= 0.6 is 0 Å². The number of piperidine rings is 1. The Morgan fingerprint density at radius 2 is 2.32 bits per heavy atom. The predicted octanol–water partition coefficient (Wildman–Crippen LogP) is 1.87.